The summed E-state index contributed by atoms with van der Waals surface area (Å²) < 4.78 is 33.4. The van der Waals surface area contributed by atoms with Crippen molar-refractivity contribution in [3.8, 4) is 22.6 Å². The summed E-state index contributed by atoms with van der Waals surface area (Å²) >= 11 is 6.20. The molecule has 0 aliphatic heterocycles. The Hall–Kier alpha value is -3.94. The van der Waals surface area contributed by atoms with Crippen LogP contribution in [0.25, 0.3) is 11.1 Å². The second-order valence-electron chi connectivity index (χ2n) is 7.04. The molecule has 2 aromatic carbocycles. The SMILES string of the molecule is O=C(Nc1ccc(Oc2ccnc(/N=C\P)c2Cl)c(F)c1)c1c[nH]cc(-c2ccc(F)cc2)c1=O. The van der Waals surface area contributed by atoms with E-state index in [2.05, 4.69) is 29.5 Å². The first-order chi connectivity index (χ1) is 16.9. The van der Waals surface area contributed by atoms with Gasteiger partial charge in [-0.05, 0) is 29.8 Å². The molecule has 0 fully saturated rings. The van der Waals surface area contributed by atoms with Crippen LogP contribution in [0.5, 0.6) is 11.5 Å². The van der Waals surface area contributed by atoms with Gasteiger partial charge in [-0.15, -0.1) is 0 Å². The van der Waals surface area contributed by atoms with Crippen LogP contribution in [0.4, 0.5) is 20.3 Å². The average molecular weight is 513 g/mol. The van der Waals surface area contributed by atoms with Crippen LogP contribution in [0.15, 0.2) is 76.9 Å². The Bertz CT molecular complexity index is 1490. The van der Waals surface area contributed by atoms with Gasteiger partial charge >= 0.3 is 0 Å². The first-order valence-electron chi connectivity index (χ1n) is 10.0. The molecule has 4 aromatic rings. The number of rotatable bonds is 6. The standard InChI is InChI=1S/C24H16ClF2N4O3P/c25-21-20(7-8-29-23(21)30-12-35)34-19-6-5-15(9-18(19)27)31-24(33)17-11-28-10-16(22(17)32)13-1-3-14(26)4-2-13/h1-12H,35H2,(H,28,32)(H,31,33)/b30-12-. The van der Waals surface area contributed by atoms with Gasteiger partial charge in [0.25, 0.3) is 5.91 Å². The van der Waals surface area contributed by atoms with Crippen LogP contribution in [0.1, 0.15) is 10.4 Å². The predicted molar refractivity (Wildman–Crippen MR) is 134 cm³/mol. The number of hydrogen-bond donors (Lipinski definition) is 2. The fraction of sp³-hybridized carbons (Fsp3) is 0. The number of nitrogens with one attached hydrogen (secondary N) is 2. The summed E-state index contributed by atoms with van der Waals surface area (Å²) in [6.07, 6.45) is 4.07. The topological polar surface area (TPSA) is 96.4 Å². The van der Waals surface area contributed by atoms with Gasteiger partial charge in [0.2, 0.25) is 5.43 Å². The van der Waals surface area contributed by atoms with E-state index in [9.17, 15) is 18.4 Å². The van der Waals surface area contributed by atoms with Crippen LogP contribution < -0.4 is 15.5 Å². The van der Waals surface area contributed by atoms with Gasteiger partial charge < -0.3 is 15.0 Å². The van der Waals surface area contributed by atoms with E-state index in [1.54, 1.807) is 0 Å². The van der Waals surface area contributed by atoms with E-state index in [1.807, 2.05) is 0 Å². The molecule has 1 unspecified atom stereocenters. The molecule has 0 radical (unpaired) electrons. The van der Waals surface area contributed by atoms with E-state index < -0.39 is 23.0 Å². The van der Waals surface area contributed by atoms with Crippen LogP contribution in [-0.4, -0.2) is 21.8 Å². The first kappa shape index (κ1) is 24.2. The third-order valence-electron chi connectivity index (χ3n) is 4.79. The van der Waals surface area contributed by atoms with E-state index in [-0.39, 0.29) is 39.2 Å². The Balaban J connectivity index is 1.54. The van der Waals surface area contributed by atoms with Crippen molar-refractivity contribution < 1.29 is 18.3 Å². The molecule has 0 aliphatic carbocycles. The summed E-state index contributed by atoms with van der Waals surface area (Å²) in [6.45, 7) is 0. The maximum Gasteiger partial charge on any atom is 0.261 e. The van der Waals surface area contributed by atoms with Gasteiger partial charge in [-0.2, -0.15) is 0 Å². The van der Waals surface area contributed by atoms with Crippen molar-refractivity contribution in [1.29, 1.82) is 0 Å². The lowest BCUT2D eigenvalue weighted by Crippen LogP contribution is -2.22. The molecule has 0 saturated carbocycles. The van der Waals surface area contributed by atoms with Crippen LogP contribution in [0, 0.1) is 11.6 Å². The number of hydrogen-bond acceptors (Lipinski definition) is 5. The fourth-order valence-electron chi connectivity index (χ4n) is 3.13. The monoisotopic (exact) mass is 512 g/mol. The highest BCUT2D eigenvalue weighted by molar-refractivity contribution is 7.36. The van der Waals surface area contributed by atoms with Crippen molar-refractivity contribution in [2.75, 3.05) is 5.32 Å². The summed E-state index contributed by atoms with van der Waals surface area (Å²) in [7, 11) is 2.29. The Morgan fingerprint density at radius 2 is 1.89 bits per heavy atom. The molecule has 2 N–H and O–H groups in total. The van der Waals surface area contributed by atoms with E-state index in [0.29, 0.717) is 5.56 Å². The van der Waals surface area contributed by atoms with E-state index in [1.165, 1.54) is 67.0 Å². The normalized spacial score (nSPS) is 11.0. The molecule has 2 heterocycles. The minimum Gasteiger partial charge on any atom is -0.453 e. The van der Waals surface area contributed by atoms with Gasteiger partial charge in [0.15, 0.2) is 23.1 Å². The van der Waals surface area contributed by atoms with E-state index >= 15 is 0 Å². The van der Waals surface area contributed by atoms with Crippen molar-refractivity contribution in [3.63, 3.8) is 0 Å². The number of aliphatic imine (C=N–C) groups is 1. The Morgan fingerprint density at radius 3 is 2.60 bits per heavy atom. The minimum absolute atomic E-state index is 0.0977. The highest BCUT2D eigenvalue weighted by Crippen LogP contribution is 2.36. The first-order valence-corrected chi connectivity index (χ1v) is 11.1. The van der Waals surface area contributed by atoms with Crippen molar-refractivity contribution in [3.05, 3.63) is 99.6 Å². The summed E-state index contributed by atoms with van der Waals surface area (Å²) in [5.74, 6) is -0.345. The number of aromatic amines is 1. The number of aromatic nitrogens is 2. The average Bonchev–Trinajstić information content (AvgIpc) is 2.84. The zero-order chi connectivity index (χ0) is 24.9. The molecule has 0 spiro atoms. The second kappa shape index (κ2) is 10.5. The molecule has 0 bridgehead atoms. The number of halogens is 3. The molecule has 1 atom stereocenters. The number of ether oxygens (including phenoxy) is 1. The molecular weight excluding hydrogens is 497 g/mol. The third kappa shape index (κ3) is 5.42. The lowest BCUT2D eigenvalue weighted by molar-refractivity contribution is 0.102. The maximum atomic E-state index is 14.7. The molecule has 7 nitrogen and oxygen atoms in total. The molecule has 2 aromatic heterocycles. The summed E-state index contributed by atoms with van der Waals surface area (Å²) in [5, 5.41) is 2.58. The summed E-state index contributed by atoms with van der Waals surface area (Å²) in [5.41, 5.74) is -0.0354. The van der Waals surface area contributed by atoms with Gasteiger partial charge in [0.05, 0.1) is 0 Å². The number of nitrogens with zero attached hydrogens (tertiary/aromatic N) is 2. The number of benzene rings is 2. The largest absolute Gasteiger partial charge is 0.453 e. The number of carbonyl (C=O) groups is 1. The van der Waals surface area contributed by atoms with Gasteiger partial charge in [-0.25, -0.2) is 18.8 Å². The highest BCUT2D eigenvalue weighted by Gasteiger charge is 2.17. The van der Waals surface area contributed by atoms with E-state index in [0.717, 1.165) is 6.07 Å². The van der Waals surface area contributed by atoms with E-state index in [4.69, 9.17) is 16.3 Å². The molecule has 1 amide bonds. The quantitative estimate of drug-likeness (QED) is 0.246. The van der Waals surface area contributed by atoms with Crippen molar-refractivity contribution in [2.24, 2.45) is 4.99 Å². The molecule has 176 valence electrons. The van der Waals surface area contributed by atoms with Gasteiger partial charge in [0, 0.05) is 47.9 Å². The number of pyridine rings is 2. The summed E-state index contributed by atoms with van der Waals surface area (Å²) in [6, 6.07) is 10.5. The second-order valence-corrected chi connectivity index (χ2v) is 7.72. The Kier molecular flexibility index (Phi) is 7.29. The maximum absolute atomic E-state index is 14.7. The van der Waals surface area contributed by atoms with Crippen molar-refractivity contribution in [2.45, 2.75) is 0 Å². The number of carbonyl (C=O) groups excluding carboxylic acids is 1. The van der Waals surface area contributed by atoms with Crippen LogP contribution in [0.2, 0.25) is 5.02 Å². The minimum atomic E-state index is -0.777. The fourth-order valence-corrected chi connectivity index (χ4v) is 3.47. The molecule has 4 rings (SSSR count). The zero-order valence-corrected chi connectivity index (χ0v) is 19.7. The smallest absolute Gasteiger partial charge is 0.261 e. The third-order valence-corrected chi connectivity index (χ3v) is 5.29. The lowest BCUT2D eigenvalue weighted by atomic mass is 10.0. The number of anilines is 1. The zero-order valence-electron chi connectivity index (χ0n) is 17.8. The Labute approximate surface area is 205 Å². The molecular formula is C24H16ClF2N4O3P. The molecule has 11 heteroatoms. The highest BCUT2D eigenvalue weighted by atomic mass is 35.5. The van der Waals surface area contributed by atoms with Crippen LogP contribution in [-0.2, 0) is 0 Å². The predicted octanol–water partition coefficient (Wildman–Crippen LogP) is 5.95. The van der Waals surface area contributed by atoms with Crippen molar-refractivity contribution in [1.82, 2.24) is 9.97 Å². The van der Waals surface area contributed by atoms with Gasteiger partial charge in [0.1, 0.15) is 16.4 Å². The lowest BCUT2D eigenvalue weighted by Gasteiger charge is -2.11. The number of H-pyrrole nitrogens is 1. The molecule has 0 saturated heterocycles. The summed E-state index contributed by atoms with van der Waals surface area (Å²) in [4.78, 5) is 36.2. The van der Waals surface area contributed by atoms with Crippen LogP contribution in [0.3, 0.4) is 0 Å². The molecule has 35 heavy (non-hydrogen) atoms. The van der Waals surface area contributed by atoms with Crippen LogP contribution >= 0.6 is 20.8 Å². The van der Waals surface area contributed by atoms with Crippen molar-refractivity contribution >= 4 is 44.2 Å². The van der Waals surface area contributed by atoms with Gasteiger partial charge in [-0.3, -0.25) is 9.59 Å². The Morgan fingerprint density at radius 1 is 1.11 bits per heavy atom. The number of amides is 1. The van der Waals surface area contributed by atoms with Gasteiger partial charge in [-0.1, -0.05) is 33.0 Å². The molecule has 0 aliphatic rings.